The molecule has 0 saturated carbocycles. The van der Waals surface area contributed by atoms with Gasteiger partial charge in [0.25, 0.3) is 0 Å². The van der Waals surface area contributed by atoms with E-state index in [-0.39, 0.29) is 0 Å². The minimum Gasteiger partial charge on any atom is -0.497 e. The first-order chi connectivity index (χ1) is 10.7. The fraction of sp³-hybridized carbons (Fsp3) is 0.167. The zero-order valence-corrected chi connectivity index (χ0v) is 12.9. The van der Waals surface area contributed by atoms with Crippen LogP contribution in [0.25, 0.3) is 10.9 Å². The molecule has 0 saturated heterocycles. The average molecular weight is 294 g/mol. The largest absolute Gasteiger partial charge is 0.497 e. The van der Waals surface area contributed by atoms with Crippen LogP contribution in [0.1, 0.15) is 5.69 Å². The molecule has 4 heteroatoms. The van der Waals surface area contributed by atoms with Gasteiger partial charge in [-0.2, -0.15) is 0 Å². The van der Waals surface area contributed by atoms with Gasteiger partial charge in [0.05, 0.1) is 25.4 Å². The van der Waals surface area contributed by atoms with Crippen LogP contribution in [0.4, 0.5) is 11.4 Å². The summed E-state index contributed by atoms with van der Waals surface area (Å²) in [5, 5.41) is 4.48. The van der Waals surface area contributed by atoms with Crippen molar-refractivity contribution in [3.05, 3.63) is 54.2 Å². The zero-order valence-electron chi connectivity index (χ0n) is 12.9. The quantitative estimate of drug-likeness (QED) is 0.779. The molecule has 0 aliphatic carbocycles. The summed E-state index contributed by atoms with van der Waals surface area (Å²) in [7, 11) is 3.33. The van der Waals surface area contributed by atoms with E-state index in [1.54, 1.807) is 14.2 Å². The molecule has 0 aliphatic rings. The summed E-state index contributed by atoms with van der Waals surface area (Å²) >= 11 is 0. The number of para-hydroxylation sites is 2. The number of nitrogens with zero attached hydrogens (tertiary/aromatic N) is 1. The molecule has 0 amide bonds. The smallest absolute Gasteiger partial charge is 0.142 e. The number of ether oxygens (including phenoxy) is 2. The van der Waals surface area contributed by atoms with Crippen LogP contribution < -0.4 is 14.8 Å². The van der Waals surface area contributed by atoms with Crippen LogP contribution >= 0.6 is 0 Å². The van der Waals surface area contributed by atoms with Gasteiger partial charge in [-0.25, -0.2) is 0 Å². The molecule has 22 heavy (non-hydrogen) atoms. The number of hydrogen-bond acceptors (Lipinski definition) is 4. The number of hydrogen-bond donors (Lipinski definition) is 1. The van der Waals surface area contributed by atoms with E-state index < -0.39 is 0 Å². The highest BCUT2D eigenvalue weighted by Gasteiger charge is 2.08. The maximum Gasteiger partial charge on any atom is 0.142 e. The Balaban J connectivity index is 2.10. The topological polar surface area (TPSA) is 43.4 Å². The number of fused-ring (bicyclic) bond motifs is 1. The van der Waals surface area contributed by atoms with Gasteiger partial charge >= 0.3 is 0 Å². The number of benzene rings is 2. The van der Waals surface area contributed by atoms with Gasteiger partial charge in [0.1, 0.15) is 11.5 Å². The molecule has 112 valence electrons. The third-order valence-electron chi connectivity index (χ3n) is 3.52. The van der Waals surface area contributed by atoms with Crippen molar-refractivity contribution in [2.75, 3.05) is 19.5 Å². The molecule has 0 fully saturated rings. The van der Waals surface area contributed by atoms with E-state index in [2.05, 4.69) is 10.3 Å². The second-order valence-electron chi connectivity index (χ2n) is 5.02. The van der Waals surface area contributed by atoms with Gasteiger partial charge in [-0.05, 0) is 37.3 Å². The van der Waals surface area contributed by atoms with E-state index >= 15 is 0 Å². The Morgan fingerprint density at radius 1 is 0.909 bits per heavy atom. The number of aryl methyl sites for hydroxylation is 1. The number of anilines is 2. The lowest BCUT2D eigenvalue weighted by molar-refractivity contribution is 0.415. The number of rotatable bonds is 4. The monoisotopic (exact) mass is 294 g/mol. The van der Waals surface area contributed by atoms with Crippen LogP contribution in [0.2, 0.25) is 0 Å². The third kappa shape index (κ3) is 2.68. The van der Waals surface area contributed by atoms with E-state index in [9.17, 15) is 0 Å². The fourth-order valence-electron chi connectivity index (χ4n) is 2.46. The molecule has 0 radical (unpaired) electrons. The maximum atomic E-state index is 5.40. The molecule has 0 spiro atoms. The van der Waals surface area contributed by atoms with Gasteiger partial charge in [-0.1, -0.05) is 12.1 Å². The van der Waals surface area contributed by atoms with Crippen LogP contribution in [0.3, 0.4) is 0 Å². The lowest BCUT2D eigenvalue weighted by atomic mass is 10.1. The maximum absolute atomic E-state index is 5.40. The van der Waals surface area contributed by atoms with Gasteiger partial charge in [0.15, 0.2) is 0 Å². The number of aromatic nitrogens is 1. The number of pyridine rings is 1. The molecule has 1 N–H and O–H groups in total. The molecule has 0 aliphatic heterocycles. The van der Waals surface area contributed by atoms with Gasteiger partial charge in [0.2, 0.25) is 0 Å². The highest BCUT2D eigenvalue weighted by molar-refractivity contribution is 5.94. The van der Waals surface area contributed by atoms with Crippen molar-refractivity contribution in [2.24, 2.45) is 0 Å². The average Bonchev–Trinajstić information content (AvgIpc) is 2.54. The van der Waals surface area contributed by atoms with Gasteiger partial charge in [-0.15, -0.1) is 0 Å². The molecule has 1 heterocycles. The Bertz CT molecular complexity index is 815. The van der Waals surface area contributed by atoms with Gasteiger partial charge in [-0.3, -0.25) is 4.98 Å². The minimum absolute atomic E-state index is 0.800. The second-order valence-corrected chi connectivity index (χ2v) is 5.02. The van der Waals surface area contributed by atoms with Crippen LogP contribution in [0, 0.1) is 6.92 Å². The first kappa shape index (κ1) is 14.2. The predicted molar refractivity (Wildman–Crippen MR) is 89.3 cm³/mol. The van der Waals surface area contributed by atoms with Crippen molar-refractivity contribution in [1.82, 2.24) is 4.98 Å². The Kier molecular flexibility index (Phi) is 3.83. The summed E-state index contributed by atoms with van der Waals surface area (Å²) < 4.78 is 10.7. The standard InChI is InChI=1S/C18H18N2O2/c1-12-10-16(20-15-6-4-5-7-18(15)22-3)14-9-8-13(21-2)11-17(14)19-12/h4-11H,1-3H3,(H,19,20). The van der Waals surface area contributed by atoms with E-state index in [4.69, 9.17) is 9.47 Å². The molecule has 4 nitrogen and oxygen atoms in total. The minimum atomic E-state index is 0.800. The van der Waals surface area contributed by atoms with Gasteiger partial charge < -0.3 is 14.8 Å². The van der Waals surface area contributed by atoms with Crippen molar-refractivity contribution < 1.29 is 9.47 Å². The van der Waals surface area contributed by atoms with Crippen molar-refractivity contribution in [2.45, 2.75) is 6.92 Å². The first-order valence-electron chi connectivity index (χ1n) is 7.06. The summed E-state index contributed by atoms with van der Waals surface area (Å²) in [5.74, 6) is 1.60. The van der Waals surface area contributed by atoms with Crippen LogP contribution in [0.15, 0.2) is 48.5 Å². The summed E-state index contributed by atoms with van der Waals surface area (Å²) in [5.41, 5.74) is 3.76. The molecule has 0 bridgehead atoms. The second kappa shape index (κ2) is 5.93. The molecule has 3 aromatic rings. The third-order valence-corrected chi connectivity index (χ3v) is 3.52. The molecule has 2 aromatic carbocycles. The summed E-state index contributed by atoms with van der Waals surface area (Å²) in [6, 6.07) is 15.8. The van der Waals surface area contributed by atoms with Crippen molar-refractivity contribution in [1.29, 1.82) is 0 Å². The van der Waals surface area contributed by atoms with Crippen molar-refractivity contribution >= 4 is 22.3 Å². The normalized spacial score (nSPS) is 10.5. The molecular weight excluding hydrogens is 276 g/mol. The van der Waals surface area contributed by atoms with E-state index in [0.29, 0.717) is 0 Å². The Morgan fingerprint density at radius 2 is 1.73 bits per heavy atom. The first-order valence-corrected chi connectivity index (χ1v) is 7.06. The highest BCUT2D eigenvalue weighted by Crippen LogP contribution is 2.32. The molecule has 0 atom stereocenters. The Morgan fingerprint density at radius 3 is 2.50 bits per heavy atom. The zero-order chi connectivity index (χ0) is 15.5. The SMILES string of the molecule is COc1ccc2c(Nc3ccccc3OC)cc(C)nc2c1. The Hall–Kier alpha value is -2.75. The van der Waals surface area contributed by atoms with Crippen LogP contribution in [-0.2, 0) is 0 Å². The highest BCUT2D eigenvalue weighted by atomic mass is 16.5. The summed E-state index contributed by atoms with van der Waals surface area (Å²) in [6.07, 6.45) is 0. The molecular formula is C18H18N2O2. The number of nitrogens with one attached hydrogen (secondary N) is 1. The molecule has 0 unspecified atom stereocenters. The van der Waals surface area contributed by atoms with Crippen LogP contribution in [0.5, 0.6) is 11.5 Å². The van der Waals surface area contributed by atoms with E-state index in [0.717, 1.165) is 39.5 Å². The van der Waals surface area contributed by atoms with Crippen molar-refractivity contribution in [3.63, 3.8) is 0 Å². The predicted octanol–water partition coefficient (Wildman–Crippen LogP) is 4.30. The summed E-state index contributed by atoms with van der Waals surface area (Å²) in [4.78, 5) is 4.58. The number of methoxy groups -OCH3 is 2. The van der Waals surface area contributed by atoms with Crippen molar-refractivity contribution in [3.8, 4) is 11.5 Å². The van der Waals surface area contributed by atoms with Crippen LogP contribution in [-0.4, -0.2) is 19.2 Å². The van der Waals surface area contributed by atoms with E-state index in [1.807, 2.05) is 55.5 Å². The summed E-state index contributed by atoms with van der Waals surface area (Å²) in [6.45, 7) is 1.98. The molecule has 3 rings (SSSR count). The fourth-order valence-corrected chi connectivity index (χ4v) is 2.46. The molecule has 1 aromatic heterocycles. The lowest BCUT2D eigenvalue weighted by Gasteiger charge is -2.14. The van der Waals surface area contributed by atoms with Gasteiger partial charge in [0, 0.05) is 22.8 Å². The Labute approximate surface area is 129 Å². The lowest BCUT2D eigenvalue weighted by Crippen LogP contribution is -1.97. The van der Waals surface area contributed by atoms with E-state index in [1.165, 1.54) is 0 Å².